The predicted octanol–water partition coefficient (Wildman–Crippen LogP) is 3.26. The molecule has 2 N–H and O–H groups in total. The van der Waals surface area contributed by atoms with Crippen LogP contribution in [0, 0.1) is 17.8 Å². The average molecular weight is 281 g/mol. The summed E-state index contributed by atoms with van der Waals surface area (Å²) in [6.45, 7) is 2.47. The maximum atomic E-state index is 12.3. The second kappa shape index (κ2) is 8.02. The van der Waals surface area contributed by atoms with E-state index in [-0.39, 0.29) is 24.5 Å². The van der Waals surface area contributed by atoms with Crippen molar-refractivity contribution < 1.29 is 9.90 Å². The van der Waals surface area contributed by atoms with E-state index in [0.29, 0.717) is 5.92 Å². The van der Waals surface area contributed by atoms with Crippen LogP contribution in [0.3, 0.4) is 0 Å². The number of hydrogen-bond donors (Lipinski definition) is 2. The van der Waals surface area contributed by atoms with Gasteiger partial charge in [-0.2, -0.15) is 0 Å². The van der Waals surface area contributed by atoms with Crippen molar-refractivity contribution in [2.75, 3.05) is 6.61 Å². The molecule has 0 aliphatic heterocycles. The highest BCUT2D eigenvalue weighted by Crippen LogP contribution is 2.33. The Morgan fingerprint density at radius 1 is 1.15 bits per heavy atom. The van der Waals surface area contributed by atoms with Crippen LogP contribution in [0.5, 0.6) is 0 Å². The Morgan fingerprint density at radius 3 is 2.55 bits per heavy atom. The molecule has 2 rings (SSSR count). The number of aliphatic hydroxyl groups excluding tert-OH is 1. The molecule has 2 fully saturated rings. The van der Waals surface area contributed by atoms with Crippen LogP contribution in [-0.2, 0) is 4.79 Å². The number of carbonyl (C=O) groups is 1. The predicted molar refractivity (Wildman–Crippen MR) is 81.3 cm³/mol. The van der Waals surface area contributed by atoms with Crippen LogP contribution in [0.4, 0.5) is 0 Å². The summed E-state index contributed by atoms with van der Waals surface area (Å²) < 4.78 is 0. The first-order chi connectivity index (χ1) is 9.74. The second-order valence-corrected chi connectivity index (χ2v) is 6.85. The van der Waals surface area contributed by atoms with Crippen molar-refractivity contribution >= 4 is 5.91 Å². The van der Waals surface area contributed by atoms with Crippen molar-refractivity contribution in [3.8, 4) is 0 Å². The molecule has 2 atom stereocenters. The number of aliphatic hydroxyl groups is 1. The Hall–Kier alpha value is -0.570. The first-order valence-electron chi connectivity index (χ1n) is 8.65. The van der Waals surface area contributed by atoms with Crippen LogP contribution >= 0.6 is 0 Å². The molecule has 0 spiro atoms. The Bertz CT molecular complexity index is 297. The van der Waals surface area contributed by atoms with Crippen molar-refractivity contribution in [3.05, 3.63) is 0 Å². The van der Waals surface area contributed by atoms with Gasteiger partial charge in [0.05, 0.1) is 0 Å². The fraction of sp³-hybridized carbons (Fsp3) is 0.941. The fourth-order valence-electron chi connectivity index (χ4n) is 3.95. The maximum Gasteiger partial charge on any atom is 0.223 e. The van der Waals surface area contributed by atoms with Gasteiger partial charge in [0.2, 0.25) is 5.91 Å². The zero-order chi connectivity index (χ0) is 14.4. The SMILES string of the molecule is CCCCC1CCC(C(=O)NC2CCCC2CO)CC1. The third kappa shape index (κ3) is 4.21. The maximum absolute atomic E-state index is 12.3. The van der Waals surface area contributed by atoms with Gasteiger partial charge in [-0.05, 0) is 44.4 Å². The molecule has 3 nitrogen and oxygen atoms in total. The van der Waals surface area contributed by atoms with Crippen LogP contribution in [0.25, 0.3) is 0 Å². The molecule has 2 aliphatic carbocycles. The first-order valence-corrected chi connectivity index (χ1v) is 8.65. The lowest BCUT2D eigenvalue weighted by molar-refractivity contribution is -0.127. The van der Waals surface area contributed by atoms with Gasteiger partial charge in [0.15, 0.2) is 0 Å². The molecule has 0 aromatic carbocycles. The lowest BCUT2D eigenvalue weighted by Crippen LogP contribution is -2.42. The summed E-state index contributed by atoms with van der Waals surface area (Å²) >= 11 is 0. The molecule has 2 unspecified atom stereocenters. The summed E-state index contributed by atoms with van der Waals surface area (Å²) in [6.07, 6.45) is 11.8. The summed E-state index contributed by atoms with van der Waals surface area (Å²) in [5.41, 5.74) is 0. The largest absolute Gasteiger partial charge is 0.396 e. The molecule has 1 amide bonds. The molecule has 2 saturated carbocycles. The van der Waals surface area contributed by atoms with Crippen molar-refractivity contribution in [2.45, 2.75) is 77.2 Å². The normalized spacial score (nSPS) is 34.1. The summed E-state index contributed by atoms with van der Waals surface area (Å²) in [7, 11) is 0. The van der Waals surface area contributed by atoms with E-state index in [9.17, 15) is 9.90 Å². The van der Waals surface area contributed by atoms with Crippen LogP contribution in [-0.4, -0.2) is 23.7 Å². The molecule has 0 saturated heterocycles. The van der Waals surface area contributed by atoms with Crippen molar-refractivity contribution in [1.29, 1.82) is 0 Å². The van der Waals surface area contributed by atoms with Gasteiger partial charge < -0.3 is 10.4 Å². The number of hydrogen-bond acceptors (Lipinski definition) is 2. The summed E-state index contributed by atoms with van der Waals surface area (Å²) in [6, 6.07) is 0.227. The molecule has 3 heteroatoms. The molecule has 2 aliphatic rings. The lowest BCUT2D eigenvalue weighted by atomic mass is 9.79. The van der Waals surface area contributed by atoms with E-state index in [4.69, 9.17) is 0 Å². The van der Waals surface area contributed by atoms with Crippen LogP contribution in [0.2, 0.25) is 0 Å². The van der Waals surface area contributed by atoms with Crippen LogP contribution < -0.4 is 5.32 Å². The van der Waals surface area contributed by atoms with Gasteiger partial charge in [-0.3, -0.25) is 4.79 Å². The average Bonchev–Trinajstić information content (AvgIpc) is 2.92. The third-order valence-corrected chi connectivity index (χ3v) is 5.40. The monoisotopic (exact) mass is 281 g/mol. The van der Waals surface area contributed by atoms with E-state index in [1.807, 2.05) is 0 Å². The van der Waals surface area contributed by atoms with E-state index in [0.717, 1.165) is 38.0 Å². The Morgan fingerprint density at radius 2 is 1.90 bits per heavy atom. The van der Waals surface area contributed by atoms with Crippen LogP contribution in [0.15, 0.2) is 0 Å². The molecule has 0 heterocycles. The zero-order valence-electron chi connectivity index (χ0n) is 12.9. The van der Waals surface area contributed by atoms with Gasteiger partial charge in [-0.15, -0.1) is 0 Å². The molecule has 0 aromatic rings. The Labute approximate surface area is 123 Å². The van der Waals surface area contributed by atoms with Gasteiger partial charge in [-0.1, -0.05) is 32.6 Å². The fourth-order valence-corrected chi connectivity index (χ4v) is 3.95. The molecule has 116 valence electrons. The standard InChI is InChI=1S/C17H31NO2/c1-2-3-5-13-8-10-14(11-9-13)17(20)18-16-7-4-6-15(16)12-19/h13-16,19H,2-12H2,1H3,(H,18,20). The lowest BCUT2D eigenvalue weighted by Gasteiger charge is -2.29. The summed E-state index contributed by atoms with van der Waals surface area (Å²) in [5.74, 6) is 1.63. The molecule has 0 aromatic heterocycles. The van der Waals surface area contributed by atoms with E-state index in [1.54, 1.807) is 0 Å². The molecular weight excluding hydrogens is 250 g/mol. The van der Waals surface area contributed by atoms with Gasteiger partial charge >= 0.3 is 0 Å². The smallest absolute Gasteiger partial charge is 0.223 e. The summed E-state index contributed by atoms with van der Waals surface area (Å²) in [5, 5.41) is 12.5. The Balaban J connectivity index is 1.71. The van der Waals surface area contributed by atoms with Gasteiger partial charge in [0, 0.05) is 24.5 Å². The molecular formula is C17H31NO2. The highest BCUT2D eigenvalue weighted by molar-refractivity contribution is 5.79. The molecule has 0 radical (unpaired) electrons. The zero-order valence-corrected chi connectivity index (χ0v) is 12.9. The van der Waals surface area contributed by atoms with E-state index >= 15 is 0 Å². The number of unbranched alkanes of at least 4 members (excludes halogenated alkanes) is 1. The van der Waals surface area contributed by atoms with E-state index in [1.165, 1.54) is 32.1 Å². The topological polar surface area (TPSA) is 49.3 Å². The number of amides is 1. The van der Waals surface area contributed by atoms with Gasteiger partial charge in [-0.25, -0.2) is 0 Å². The second-order valence-electron chi connectivity index (χ2n) is 6.85. The van der Waals surface area contributed by atoms with Gasteiger partial charge in [0.1, 0.15) is 0 Å². The highest BCUT2D eigenvalue weighted by atomic mass is 16.3. The Kier molecular flexibility index (Phi) is 6.34. The summed E-state index contributed by atoms with van der Waals surface area (Å²) in [4.78, 5) is 12.3. The number of rotatable bonds is 6. The highest BCUT2D eigenvalue weighted by Gasteiger charge is 2.31. The third-order valence-electron chi connectivity index (χ3n) is 5.40. The van der Waals surface area contributed by atoms with E-state index in [2.05, 4.69) is 12.2 Å². The minimum Gasteiger partial charge on any atom is -0.396 e. The van der Waals surface area contributed by atoms with Crippen molar-refractivity contribution in [1.82, 2.24) is 5.32 Å². The quantitative estimate of drug-likeness (QED) is 0.785. The van der Waals surface area contributed by atoms with E-state index < -0.39 is 0 Å². The van der Waals surface area contributed by atoms with Crippen molar-refractivity contribution in [2.24, 2.45) is 17.8 Å². The first kappa shape index (κ1) is 15.8. The minimum absolute atomic E-state index is 0.217. The van der Waals surface area contributed by atoms with Crippen LogP contribution in [0.1, 0.15) is 71.1 Å². The van der Waals surface area contributed by atoms with Gasteiger partial charge in [0.25, 0.3) is 0 Å². The molecule has 0 bridgehead atoms. The van der Waals surface area contributed by atoms with Crippen molar-refractivity contribution in [3.63, 3.8) is 0 Å². The number of carbonyl (C=O) groups excluding carboxylic acids is 1. The molecule has 20 heavy (non-hydrogen) atoms. The minimum atomic E-state index is 0.217. The number of nitrogens with one attached hydrogen (secondary N) is 1.